The summed E-state index contributed by atoms with van der Waals surface area (Å²) in [6.45, 7) is 2.13. The Balaban J connectivity index is 3.34. The number of rotatable bonds is 6. The summed E-state index contributed by atoms with van der Waals surface area (Å²) in [7, 11) is 4.00. The van der Waals surface area contributed by atoms with Gasteiger partial charge >= 0.3 is 0 Å². The van der Waals surface area contributed by atoms with Crippen molar-refractivity contribution in [2.24, 2.45) is 5.92 Å². The van der Waals surface area contributed by atoms with Crippen LogP contribution in [0.2, 0.25) is 6.04 Å². The Bertz CT molecular complexity index is 88.5. The molecule has 0 aromatic rings. The van der Waals surface area contributed by atoms with Gasteiger partial charge in [0.2, 0.25) is 0 Å². The van der Waals surface area contributed by atoms with Crippen molar-refractivity contribution in [2.45, 2.75) is 18.9 Å². The molecule has 0 aromatic heterocycles. The minimum Gasteiger partial charge on any atom is -0.360 e. The molecule has 2 radical (unpaired) electrons. The molecular formula is C7H15ClO2Si. The molecule has 0 amide bonds. The third-order valence-corrected chi connectivity index (χ3v) is 3.59. The van der Waals surface area contributed by atoms with Crippen molar-refractivity contribution in [3.05, 3.63) is 0 Å². The quantitative estimate of drug-likeness (QED) is 0.363. The molecule has 11 heavy (non-hydrogen) atoms. The van der Waals surface area contributed by atoms with E-state index in [1.165, 1.54) is 0 Å². The maximum atomic E-state index is 5.64. The van der Waals surface area contributed by atoms with Crippen LogP contribution >= 0.6 is 11.6 Å². The summed E-state index contributed by atoms with van der Waals surface area (Å²) in [6, 6.07) is 1.08. The SMILES string of the molecule is COC(OC)[Si]CC(C)CCl. The molecule has 2 nitrogen and oxygen atoms in total. The molecule has 66 valence electrons. The zero-order chi connectivity index (χ0) is 8.69. The van der Waals surface area contributed by atoms with Crippen molar-refractivity contribution in [1.29, 1.82) is 0 Å². The van der Waals surface area contributed by atoms with E-state index in [2.05, 4.69) is 6.92 Å². The summed E-state index contributed by atoms with van der Waals surface area (Å²) in [5, 5.41) is 0. The standard InChI is InChI=1S/C7H15ClO2Si/c1-6(4-8)5-11-7(9-2)10-3/h6-7H,4-5H2,1-3H3. The number of ether oxygens (including phenoxy) is 2. The van der Waals surface area contributed by atoms with Crippen LogP contribution in [0.1, 0.15) is 6.92 Å². The predicted molar refractivity (Wildman–Crippen MR) is 48.3 cm³/mol. The second kappa shape index (κ2) is 7.10. The molecule has 1 atom stereocenters. The van der Waals surface area contributed by atoms with E-state index in [0.29, 0.717) is 21.3 Å². The summed E-state index contributed by atoms with van der Waals surface area (Å²) in [4.78, 5) is 0. The topological polar surface area (TPSA) is 18.5 Å². The Morgan fingerprint density at radius 2 is 1.91 bits per heavy atom. The zero-order valence-electron chi connectivity index (χ0n) is 7.26. The normalized spacial score (nSPS) is 13.9. The first kappa shape index (κ1) is 11.4. The van der Waals surface area contributed by atoms with Gasteiger partial charge in [-0.15, -0.1) is 11.6 Å². The molecule has 0 rings (SSSR count). The van der Waals surface area contributed by atoms with Crippen LogP contribution in [0, 0.1) is 5.92 Å². The molecule has 0 bridgehead atoms. The summed E-state index contributed by atoms with van der Waals surface area (Å²) in [5.41, 5.74) is 0. The second-order valence-electron chi connectivity index (χ2n) is 2.47. The third kappa shape index (κ3) is 5.67. The molecule has 0 heterocycles. The van der Waals surface area contributed by atoms with Gasteiger partial charge in [0, 0.05) is 20.1 Å². The summed E-state index contributed by atoms with van der Waals surface area (Å²) in [5.74, 6) is 1.23. The van der Waals surface area contributed by atoms with Crippen LogP contribution in [0.5, 0.6) is 0 Å². The van der Waals surface area contributed by atoms with Crippen LogP contribution in [0.15, 0.2) is 0 Å². The molecule has 0 aliphatic heterocycles. The Hall–Kier alpha value is 0.427. The minimum atomic E-state index is -0.0410. The lowest BCUT2D eigenvalue weighted by Crippen LogP contribution is -2.22. The average molecular weight is 195 g/mol. The van der Waals surface area contributed by atoms with Crippen molar-refractivity contribution in [3.8, 4) is 0 Å². The van der Waals surface area contributed by atoms with Crippen molar-refractivity contribution >= 4 is 21.1 Å². The van der Waals surface area contributed by atoms with Crippen LogP contribution in [-0.4, -0.2) is 35.5 Å². The van der Waals surface area contributed by atoms with Gasteiger partial charge in [-0.3, -0.25) is 0 Å². The minimum absolute atomic E-state index is 0.0410. The van der Waals surface area contributed by atoms with E-state index in [-0.39, 0.29) is 5.91 Å². The van der Waals surface area contributed by atoms with Crippen LogP contribution in [-0.2, 0) is 9.47 Å². The average Bonchev–Trinajstić information content (AvgIpc) is 2.06. The molecule has 0 saturated heterocycles. The molecule has 0 fully saturated rings. The molecule has 1 unspecified atom stereocenters. The first-order chi connectivity index (χ1) is 5.24. The lowest BCUT2D eigenvalue weighted by Gasteiger charge is -2.13. The fourth-order valence-electron chi connectivity index (χ4n) is 0.615. The largest absolute Gasteiger partial charge is 0.360 e. The van der Waals surface area contributed by atoms with E-state index >= 15 is 0 Å². The molecule has 0 N–H and O–H groups in total. The van der Waals surface area contributed by atoms with Gasteiger partial charge in [0.1, 0.15) is 15.4 Å². The first-order valence-electron chi connectivity index (χ1n) is 3.59. The predicted octanol–water partition coefficient (Wildman–Crippen LogP) is 1.56. The van der Waals surface area contributed by atoms with Gasteiger partial charge in [0.05, 0.1) is 0 Å². The maximum absolute atomic E-state index is 5.64. The lowest BCUT2D eigenvalue weighted by molar-refractivity contribution is -0.0442. The van der Waals surface area contributed by atoms with Gasteiger partial charge in [-0.25, -0.2) is 0 Å². The van der Waals surface area contributed by atoms with Crippen LogP contribution < -0.4 is 0 Å². The van der Waals surface area contributed by atoms with Gasteiger partial charge in [0.15, 0.2) is 0 Å². The maximum Gasteiger partial charge on any atom is 0.136 e. The number of hydrogen-bond donors (Lipinski definition) is 0. The van der Waals surface area contributed by atoms with E-state index in [1.54, 1.807) is 14.2 Å². The van der Waals surface area contributed by atoms with E-state index < -0.39 is 0 Å². The molecule has 0 aromatic carbocycles. The van der Waals surface area contributed by atoms with Crippen LogP contribution in [0.25, 0.3) is 0 Å². The highest BCUT2D eigenvalue weighted by Crippen LogP contribution is 2.05. The fraction of sp³-hybridized carbons (Fsp3) is 1.00. The van der Waals surface area contributed by atoms with Gasteiger partial charge < -0.3 is 9.47 Å². The monoisotopic (exact) mass is 194 g/mol. The van der Waals surface area contributed by atoms with E-state index in [0.717, 1.165) is 6.04 Å². The van der Waals surface area contributed by atoms with E-state index in [4.69, 9.17) is 21.1 Å². The highest BCUT2D eigenvalue weighted by molar-refractivity contribution is 6.36. The molecular weight excluding hydrogens is 180 g/mol. The van der Waals surface area contributed by atoms with Crippen molar-refractivity contribution in [1.82, 2.24) is 0 Å². The summed E-state index contributed by atoms with van der Waals surface area (Å²) >= 11 is 5.64. The van der Waals surface area contributed by atoms with E-state index in [9.17, 15) is 0 Å². The number of alkyl halides is 1. The number of halogens is 1. The van der Waals surface area contributed by atoms with Crippen molar-refractivity contribution < 1.29 is 9.47 Å². The third-order valence-electron chi connectivity index (χ3n) is 1.32. The Kier molecular flexibility index (Phi) is 7.37. The molecule has 0 aliphatic rings. The van der Waals surface area contributed by atoms with Gasteiger partial charge in [-0.2, -0.15) is 0 Å². The van der Waals surface area contributed by atoms with Crippen LogP contribution in [0.3, 0.4) is 0 Å². The lowest BCUT2D eigenvalue weighted by atomic mass is 10.3. The summed E-state index contributed by atoms with van der Waals surface area (Å²) in [6.07, 6.45) is 0. The second-order valence-corrected chi connectivity index (χ2v) is 4.07. The highest BCUT2D eigenvalue weighted by atomic mass is 35.5. The Morgan fingerprint density at radius 3 is 2.27 bits per heavy atom. The number of methoxy groups -OCH3 is 2. The Labute approximate surface area is 76.0 Å². The van der Waals surface area contributed by atoms with Gasteiger partial charge in [-0.05, 0) is 5.92 Å². The molecule has 0 spiro atoms. The molecule has 0 saturated carbocycles. The molecule has 4 heteroatoms. The zero-order valence-corrected chi connectivity index (χ0v) is 9.02. The molecule has 0 aliphatic carbocycles. The van der Waals surface area contributed by atoms with Gasteiger partial charge in [0.25, 0.3) is 0 Å². The Morgan fingerprint density at radius 1 is 1.36 bits per heavy atom. The highest BCUT2D eigenvalue weighted by Gasteiger charge is 2.08. The van der Waals surface area contributed by atoms with Crippen molar-refractivity contribution in [2.75, 3.05) is 20.1 Å². The van der Waals surface area contributed by atoms with Crippen LogP contribution in [0.4, 0.5) is 0 Å². The smallest absolute Gasteiger partial charge is 0.136 e. The van der Waals surface area contributed by atoms with Gasteiger partial charge in [-0.1, -0.05) is 13.0 Å². The van der Waals surface area contributed by atoms with Crippen molar-refractivity contribution in [3.63, 3.8) is 0 Å². The first-order valence-corrected chi connectivity index (χ1v) is 5.41. The summed E-state index contributed by atoms with van der Waals surface area (Å²) < 4.78 is 10.1. The van der Waals surface area contributed by atoms with E-state index in [1.807, 2.05) is 0 Å². The fourth-order valence-corrected chi connectivity index (χ4v) is 1.98. The number of hydrogen-bond acceptors (Lipinski definition) is 2.